The van der Waals surface area contributed by atoms with Gasteiger partial charge in [0.15, 0.2) is 70.7 Å². The summed E-state index contributed by atoms with van der Waals surface area (Å²) in [4.78, 5) is 42.4. The fourth-order valence-corrected chi connectivity index (χ4v) is 15.4. The van der Waals surface area contributed by atoms with Gasteiger partial charge in [-0.2, -0.15) is 102 Å². The number of hydrogen-bond donors (Lipinski definition) is 3. The lowest BCUT2D eigenvalue weighted by atomic mass is 9.83. The van der Waals surface area contributed by atoms with Crippen LogP contribution in [0, 0.1) is 17.3 Å². The molecule has 1 fully saturated rings. The van der Waals surface area contributed by atoms with Crippen LogP contribution in [0.4, 0.5) is 93.5 Å². The van der Waals surface area contributed by atoms with Gasteiger partial charge in [-0.25, -0.2) is 4.68 Å². The van der Waals surface area contributed by atoms with E-state index in [0.717, 1.165) is 115 Å². The van der Waals surface area contributed by atoms with Crippen LogP contribution < -0.4 is 44.0 Å². The van der Waals surface area contributed by atoms with E-state index in [1.807, 2.05) is 18.3 Å². The van der Waals surface area contributed by atoms with Crippen LogP contribution in [0.15, 0.2) is 216 Å². The number of ketones is 1. The second kappa shape index (κ2) is 40.0. The number of fused-ring (bicyclic) bond motifs is 4. The zero-order valence-electron chi connectivity index (χ0n) is 66.4. The Morgan fingerprint density at radius 1 is 0.597 bits per heavy atom. The average molecular weight is 1890 g/mol. The van der Waals surface area contributed by atoms with Crippen molar-refractivity contribution in [1.82, 2.24) is 19.3 Å². The normalized spacial score (nSPS) is 13.4. The first-order chi connectivity index (χ1) is 60.7. The zero-order valence-corrected chi connectivity index (χ0v) is 68.7. The van der Waals surface area contributed by atoms with E-state index in [1.54, 1.807) is 35.1 Å². The Hall–Kier alpha value is -12.5. The zero-order chi connectivity index (χ0) is 94.2. The molecule has 0 bridgehead atoms. The quantitative estimate of drug-likeness (QED) is 0.0208. The summed E-state index contributed by atoms with van der Waals surface area (Å²) in [5.41, 5.74) is -8.20. The first-order valence-corrected chi connectivity index (χ1v) is 39.4. The van der Waals surface area contributed by atoms with Crippen molar-refractivity contribution in [3.05, 3.63) is 304 Å². The molecule has 14 rings (SSSR count). The van der Waals surface area contributed by atoms with Crippen molar-refractivity contribution >= 4 is 73.8 Å². The minimum Gasteiger partial charge on any atom is -0.619 e. The van der Waals surface area contributed by atoms with Crippen molar-refractivity contribution in [1.29, 1.82) is 0 Å². The van der Waals surface area contributed by atoms with Crippen LogP contribution in [0.3, 0.4) is 0 Å². The van der Waals surface area contributed by atoms with E-state index < -0.39 is 114 Å². The number of nitrogens with one attached hydrogen (secondary N) is 1. The maximum atomic E-state index is 13.3. The van der Waals surface area contributed by atoms with Crippen LogP contribution in [-0.4, -0.2) is 99.5 Å². The standard InChI is InChI=1S/C25H19F10NO4.C24H17F10NO4.C20H19N3OS.C17H12Cl2N2O4/c1-13-12-36(38)9-8-15(13)10-18(16-4-7-19(39-21(26)27)20(11-16)40-22(28)29)14-2-5-17(6-3-14)23(37,24(30,31)32)25(33,34)35;25-20(26)38-18-6-3-15(12-19(18)39-21(27)28)17(11-13-7-9-35(37)10-8-13)14-1-4-16(5-2-14)22(36,23(29,30)31)24(32,33)34;24-20-17-13-22(12-15-8-5-11-25-15)18-10-4-3-9-16(18)19(17)21-23(20)14-6-1-2-7-14;1-8(22)14-5-10-9(3-4-13(24-2)16(10)25-14)17(23)21-15-11(18)6-20-7-12(15)19/h2-9,11-12,18,21-22,37H,10H2,1H3;1-10,12,17,20-21,36H,11H2;3-5,8-11,13-14H,1-2,6-7,12H2;3-7H,1-2H3,(H,20,21,23). The van der Waals surface area contributed by atoms with Gasteiger partial charge in [-0.15, -0.1) is 11.3 Å². The number of nitrogens with zero attached hydrogens (tertiary/aromatic N) is 6. The fraction of sp³-hybridized carbons (Fsp3) is 0.267. The lowest BCUT2D eigenvalue weighted by Gasteiger charge is -2.33. The molecule has 6 aromatic carbocycles. The van der Waals surface area contributed by atoms with Crippen molar-refractivity contribution in [3.63, 3.8) is 0 Å². The van der Waals surface area contributed by atoms with Crippen molar-refractivity contribution < 1.29 is 145 Å². The molecule has 1 aliphatic carbocycles. The molecule has 3 N–H and O–H groups in total. The number of para-hydroxylation sites is 1. The topological polar surface area (TPSA) is 253 Å². The molecule has 20 nitrogen and oxygen atoms in total. The van der Waals surface area contributed by atoms with Crippen molar-refractivity contribution in [2.45, 2.75) is 139 Å². The van der Waals surface area contributed by atoms with Crippen molar-refractivity contribution in [3.8, 4) is 40.0 Å². The third kappa shape index (κ3) is 22.3. The number of aryl methyl sites for hydroxylation is 1. The highest BCUT2D eigenvalue weighted by atomic mass is 35.5. The van der Waals surface area contributed by atoms with Crippen molar-refractivity contribution in [2.24, 2.45) is 0 Å². The van der Waals surface area contributed by atoms with Gasteiger partial charge < -0.3 is 58.6 Å². The Bertz CT molecular complexity index is 6050. The van der Waals surface area contributed by atoms with Crippen molar-refractivity contribution in [2.75, 3.05) is 12.4 Å². The third-order valence-electron chi connectivity index (χ3n) is 20.5. The number of aromatic nitrogens is 6. The highest BCUT2D eigenvalue weighted by Crippen LogP contribution is 2.53. The Morgan fingerprint density at radius 3 is 1.55 bits per heavy atom. The van der Waals surface area contributed by atoms with E-state index in [4.69, 9.17) is 37.5 Å². The first-order valence-electron chi connectivity index (χ1n) is 37.8. The van der Waals surface area contributed by atoms with Gasteiger partial charge in [0.1, 0.15) is 5.69 Å². The molecule has 1 saturated carbocycles. The molecule has 43 heteroatoms. The molecule has 2 atom stereocenters. The minimum atomic E-state index is -6.12. The fourth-order valence-electron chi connectivity index (χ4n) is 14.2. The number of carbonyl (C=O) groups excluding carboxylic acids is 2. The van der Waals surface area contributed by atoms with E-state index in [0.29, 0.717) is 67.1 Å². The van der Waals surface area contributed by atoms with E-state index in [9.17, 15) is 123 Å². The predicted molar refractivity (Wildman–Crippen MR) is 427 cm³/mol. The molecule has 0 saturated heterocycles. The number of Topliss-reactive ketones (excluding diaryl/α,β-unsaturated/α-hetero) is 1. The molecule has 684 valence electrons. The van der Waals surface area contributed by atoms with Gasteiger partial charge in [0.2, 0.25) is 0 Å². The van der Waals surface area contributed by atoms with Gasteiger partial charge in [-0.05, 0) is 126 Å². The summed E-state index contributed by atoms with van der Waals surface area (Å²) in [7, 11) is 1.47. The van der Waals surface area contributed by atoms with Crippen LogP contribution in [0.1, 0.15) is 126 Å². The molecule has 3 aliphatic rings. The molecule has 2 aliphatic heterocycles. The minimum absolute atomic E-state index is 0.0508. The summed E-state index contributed by atoms with van der Waals surface area (Å²) in [6, 6.07) is 32.5. The number of thiophene rings is 1. The Kier molecular flexibility index (Phi) is 30.2. The monoisotopic (exact) mass is 1890 g/mol. The molecule has 5 aromatic heterocycles. The number of pyridine rings is 4. The van der Waals surface area contributed by atoms with Gasteiger partial charge in [0.05, 0.1) is 52.1 Å². The maximum Gasteiger partial charge on any atom is 0.430 e. The van der Waals surface area contributed by atoms with E-state index >= 15 is 0 Å². The van der Waals surface area contributed by atoms with Gasteiger partial charge in [0.25, 0.3) is 22.7 Å². The number of ether oxygens (including phenoxy) is 5. The number of benzene rings is 6. The molecule has 7 heterocycles. The molecule has 0 radical (unpaired) electrons. The van der Waals surface area contributed by atoms with E-state index in [2.05, 4.69) is 63.5 Å². The second-order valence-corrected chi connectivity index (χ2v) is 30.5. The molecule has 0 spiro atoms. The Labute approximate surface area is 730 Å². The van der Waals surface area contributed by atoms with Gasteiger partial charge >= 0.3 is 51.2 Å². The first kappa shape index (κ1) is 97.1. The number of furan rings is 1. The Morgan fingerprint density at radius 2 is 1.08 bits per heavy atom. The third-order valence-corrected chi connectivity index (χ3v) is 21.9. The number of rotatable bonds is 25. The summed E-state index contributed by atoms with van der Waals surface area (Å²) in [6.07, 6.45) is -10.8. The molecule has 11 aromatic rings. The van der Waals surface area contributed by atoms with Crippen LogP contribution in [0.2, 0.25) is 10.0 Å². The summed E-state index contributed by atoms with van der Waals surface area (Å²) >= 11 is 13.8. The number of aliphatic hydroxyl groups is 2. The molecular weight excluding hydrogens is 1820 g/mol. The highest BCUT2D eigenvalue weighted by molar-refractivity contribution is 7.09. The average Bonchev–Trinajstić information content (AvgIpc) is 1.41. The van der Waals surface area contributed by atoms with E-state index in [1.165, 1.54) is 80.7 Å². The number of alkyl halides is 20. The molecule has 1 amide bonds. The lowest BCUT2D eigenvalue weighted by molar-refractivity contribution is -0.605. The summed E-state index contributed by atoms with van der Waals surface area (Å²) < 4.78 is 295. The van der Waals surface area contributed by atoms with Crippen LogP contribution in [-0.2, 0) is 30.6 Å². The van der Waals surface area contributed by atoms with Gasteiger partial charge in [-0.1, -0.05) is 121 Å². The molecule has 129 heavy (non-hydrogen) atoms. The molecule has 2 unspecified atom stereocenters. The number of hydrogen-bond acceptors (Lipinski definition) is 16. The van der Waals surface area contributed by atoms with Crippen LogP contribution in [0.25, 0.3) is 33.1 Å². The number of halogens is 22. The number of carbonyl (C=O) groups is 2. The number of methoxy groups -OCH3 is 1. The van der Waals surface area contributed by atoms with E-state index in [-0.39, 0.29) is 79.5 Å². The summed E-state index contributed by atoms with van der Waals surface area (Å²) in [5, 5.41) is 53.7. The van der Waals surface area contributed by atoms with Gasteiger partial charge in [0, 0.05) is 87.9 Å². The van der Waals surface area contributed by atoms with Gasteiger partial charge in [-0.3, -0.25) is 19.4 Å². The molecular formula is C86H67Cl2F20N7O13S. The second-order valence-electron chi connectivity index (χ2n) is 28.6. The highest BCUT2D eigenvalue weighted by Gasteiger charge is 2.72. The number of amides is 1. The summed E-state index contributed by atoms with van der Waals surface area (Å²) in [6.45, 7) is -10.0. The number of anilines is 1. The smallest absolute Gasteiger partial charge is 0.430 e. The lowest BCUT2D eigenvalue weighted by Crippen LogP contribution is -2.53. The maximum absolute atomic E-state index is 13.3. The largest absolute Gasteiger partial charge is 0.619 e. The van der Waals surface area contributed by atoms with Crippen LogP contribution >= 0.6 is 34.5 Å². The van der Waals surface area contributed by atoms with Crippen LogP contribution in [0.5, 0.6) is 28.7 Å². The SMILES string of the molecule is COc1ccc(C(=O)Nc2c(Cl)cncc2Cl)c2cc(C(C)=O)oc12.Cc1c[n+]([O-])ccc1CC(c1ccc(C(O)(C(F)(F)F)C(F)(F)F)cc1)c1ccc(OC(F)F)c(OC(F)F)c1.O=c1c2cn(Cc3cccs3)c3ccccc3c-2nn1C1CCCC1.[O-][n+]1ccc(CC(c2ccc(C(O)(C(F)(F)F)C(F)(F)F)cc2)c2ccc(OC(F)F)c(OC(F)F)c2)cc1. The summed E-state index contributed by atoms with van der Waals surface area (Å²) in [5.74, 6) is -5.28. The predicted octanol–water partition coefficient (Wildman–Crippen LogP) is 21.9. The Balaban J connectivity index is 0.000000170.